The normalized spacial score (nSPS) is 12.1. The van der Waals surface area contributed by atoms with Crippen LogP contribution in [0.1, 0.15) is 28.4 Å². The van der Waals surface area contributed by atoms with E-state index < -0.39 is 34.4 Å². The van der Waals surface area contributed by atoms with Crippen LogP contribution in [0.25, 0.3) is 0 Å². The first-order valence-electron chi connectivity index (χ1n) is 12.9. The monoisotopic (exact) mass is 556 g/mol. The summed E-state index contributed by atoms with van der Waals surface area (Å²) in [5.41, 5.74) is 2.85. The second-order valence-electron chi connectivity index (χ2n) is 9.38. The molecule has 1 aromatic heterocycles. The van der Waals surface area contributed by atoms with Crippen LogP contribution >= 0.6 is 0 Å². The molecule has 206 valence electrons. The van der Waals surface area contributed by atoms with Crippen LogP contribution in [0.4, 0.5) is 0 Å². The quantitative estimate of drug-likeness (QED) is 0.285. The lowest BCUT2D eigenvalue weighted by Gasteiger charge is -2.33. The molecule has 4 rings (SSSR count). The molecule has 40 heavy (non-hydrogen) atoms. The largest absolute Gasteiger partial charge is 0.348 e. The topological polar surface area (TPSA) is 99.7 Å². The van der Waals surface area contributed by atoms with Gasteiger partial charge >= 0.3 is 0 Å². The van der Waals surface area contributed by atoms with Crippen molar-refractivity contribution in [2.75, 3.05) is 12.8 Å². The Morgan fingerprint density at radius 1 is 0.775 bits per heavy atom. The fraction of sp³-hybridized carbons (Fsp3) is 0.194. The van der Waals surface area contributed by atoms with E-state index >= 15 is 0 Å². The third-order valence-electron chi connectivity index (χ3n) is 6.34. The molecule has 4 aromatic rings. The third-order valence-corrected chi connectivity index (χ3v) is 7.54. The van der Waals surface area contributed by atoms with E-state index in [2.05, 4.69) is 10.3 Å². The molecular formula is C31H32N4O4S. The van der Waals surface area contributed by atoms with Gasteiger partial charge in [-0.2, -0.15) is 4.31 Å². The Hall–Kier alpha value is -4.34. The smallest absolute Gasteiger partial charge is 0.247 e. The van der Waals surface area contributed by atoms with Crippen molar-refractivity contribution in [3.63, 3.8) is 0 Å². The zero-order chi connectivity index (χ0) is 28.4. The van der Waals surface area contributed by atoms with Gasteiger partial charge in [-0.25, -0.2) is 8.42 Å². The number of nitrogens with zero attached hydrogens (tertiary/aromatic N) is 3. The van der Waals surface area contributed by atoms with Gasteiger partial charge in [0.05, 0.1) is 25.0 Å². The Morgan fingerprint density at radius 3 is 1.88 bits per heavy atom. The van der Waals surface area contributed by atoms with Crippen molar-refractivity contribution in [3.05, 3.63) is 138 Å². The third kappa shape index (κ3) is 8.08. The number of nitrogens with one attached hydrogen (secondary N) is 1. The van der Waals surface area contributed by atoms with Gasteiger partial charge < -0.3 is 10.2 Å². The van der Waals surface area contributed by atoms with Gasteiger partial charge in [0, 0.05) is 19.3 Å². The number of amides is 2. The van der Waals surface area contributed by atoms with Gasteiger partial charge in [-0.15, -0.1) is 0 Å². The Morgan fingerprint density at radius 2 is 1.32 bits per heavy atom. The first-order chi connectivity index (χ1) is 19.3. The molecule has 1 atom stereocenters. The van der Waals surface area contributed by atoms with Crippen molar-refractivity contribution < 1.29 is 18.0 Å². The molecular weight excluding hydrogens is 524 g/mol. The van der Waals surface area contributed by atoms with Crippen molar-refractivity contribution >= 4 is 21.8 Å². The van der Waals surface area contributed by atoms with Gasteiger partial charge in [0.15, 0.2) is 0 Å². The maximum Gasteiger partial charge on any atom is 0.247 e. The zero-order valence-corrected chi connectivity index (χ0v) is 23.1. The fourth-order valence-corrected chi connectivity index (χ4v) is 5.04. The highest BCUT2D eigenvalue weighted by Crippen LogP contribution is 2.25. The van der Waals surface area contributed by atoms with E-state index in [1.165, 1.54) is 4.90 Å². The van der Waals surface area contributed by atoms with E-state index in [0.29, 0.717) is 11.3 Å². The van der Waals surface area contributed by atoms with Gasteiger partial charge in [0.2, 0.25) is 21.8 Å². The molecule has 0 aliphatic heterocycles. The SMILES string of the molecule is CS(=O)(=O)N(CC(=O)N(Cc1ccccc1)[C@H](C(=O)NCc1ccccn1)c1ccccc1)Cc1ccccc1. The molecule has 1 heterocycles. The van der Waals surface area contributed by atoms with Crippen molar-refractivity contribution in [2.45, 2.75) is 25.7 Å². The summed E-state index contributed by atoms with van der Waals surface area (Å²) in [6.45, 7) is -0.0943. The standard InChI is InChI=1S/C31H32N4O4S/c1-40(38,39)34(22-25-13-5-2-6-14-25)24-29(36)35(23-26-15-7-3-8-16-26)30(27-17-9-4-10-18-27)31(37)33-21-28-19-11-12-20-32-28/h2-20,30H,21-24H2,1H3,(H,33,37)/t30-/m0/s1. The molecule has 0 bridgehead atoms. The maximum atomic E-state index is 14.0. The highest BCUT2D eigenvalue weighted by Gasteiger charge is 2.33. The molecule has 1 N–H and O–H groups in total. The summed E-state index contributed by atoms with van der Waals surface area (Å²) in [4.78, 5) is 33.5. The fourth-order valence-electron chi connectivity index (χ4n) is 4.31. The van der Waals surface area contributed by atoms with E-state index in [0.717, 1.165) is 21.7 Å². The average Bonchev–Trinajstić information content (AvgIpc) is 2.97. The summed E-state index contributed by atoms with van der Waals surface area (Å²) < 4.78 is 26.6. The minimum absolute atomic E-state index is 0.0342. The van der Waals surface area contributed by atoms with Crippen LogP contribution < -0.4 is 5.32 Å². The number of hydrogen-bond donors (Lipinski definition) is 1. The minimum atomic E-state index is -3.74. The van der Waals surface area contributed by atoms with Crippen molar-refractivity contribution in [2.24, 2.45) is 0 Å². The Kier molecular flexibility index (Phi) is 9.77. The molecule has 2 amide bonds. The summed E-state index contributed by atoms with van der Waals surface area (Å²) in [5.74, 6) is -0.887. The zero-order valence-electron chi connectivity index (χ0n) is 22.3. The number of aromatic nitrogens is 1. The van der Waals surface area contributed by atoms with Crippen LogP contribution in [0.3, 0.4) is 0 Å². The first kappa shape index (κ1) is 28.7. The van der Waals surface area contributed by atoms with E-state index in [1.807, 2.05) is 72.8 Å². The van der Waals surface area contributed by atoms with Crippen molar-refractivity contribution in [3.8, 4) is 0 Å². The first-order valence-corrected chi connectivity index (χ1v) is 14.7. The number of pyridine rings is 1. The summed E-state index contributed by atoms with van der Waals surface area (Å²) in [7, 11) is -3.74. The van der Waals surface area contributed by atoms with E-state index in [9.17, 15) is 18.0 Å². The Balaban J connectivity index is 1.68. The molecule has 0 aliphatic rings. The molecule has 0 unspecified atom stereocenters. The van der Waals surface area contributed by atoms with Gasteiger partial charge in [-0.05, 0) is 28.8 Å². The van der Waals surface area contributed by atoms with Crippen LogP contribution in [0.15, 0.2) is 115 Å². The second-order valence-corrected chi connectivity index (χ2v) is 11.4. The summed E-state index contributed by atoms with van der Waals surface area (Å²) in [6, 6.07) is 31.8. The van der Waals surface area contributed by atoms with Gasteiger partial charge in [-0.1, -0.05) is 97.1 Å². The van der Waals surface area contributed by atoms with Crippen molar-refractivity contribution in [1.82, 2.24) is 19.5 Å². The van der Waals surface area contributed by atoms with Gasteiger partial charge in [0.25, 0.3) is 0 Å². The minimum Gasteiger partial charge on any atom is -0.348 e. The van der Waals surface area contributed by atoms with Gasteiger partial charge in [-0.3, -0.25) is 14.6 Å². The van der Waals surface area contributed by atoms with E-state index in [4.69, 9.17) is 0 Å². The van der Waals surface area contributed by atoms with Gasteiger partial charge in [0.1, 0.15) is 6.04 Å². The number of carbonyl (C=O) groups excluding carboxylic acids is 2. The van der Waals surface area contributed by atoms with Crippen LogP contribution in [0, 0.1) is 0 Å². The van der Waals surface area contributed by atoms with Crippen LogP contribution in [0.5, 0.6) is 0 Å². The number of hydrogen-bond acceptors (Lipinski definition) is 5. The number of rotatable bonds is 12. The Labute approximate surface area is 235 Å². The van der Waals surface area contributed by atoms with Crippen LogP contribution in [-0.2, 0) is 39.2 Å². The lowest BCUT2D eigenvalue weighted by Crippen LogP contribution is -2.47. The van der Waals surface area contributed by atoms with E-state index in [-0.39, 0.29) is 19.6 Å². The molecule has 0 aliphatic carbocycles. The summed E-state index contributed by atoms with van der Waals surface area (Å²) in [6.07, 6.45) is 2.73. The van der Waals surface area contributed by atoms with Crippen molar-refractivity contribution in [1.29, 1.82) is 0 Å². The molecule has 0 spiro atoms. The predicted octanol–water partition coefficient (Wildman–Crippen LogP) is 3.93. The number of carbonyl (C=O) groups is 2. The molecule has 8 nitrogen and oxygen atoms in total. The molecule has 0 fully saturated rings. The second kappa shape index (κ2) is 13.6. The molecule has 0 radical (unpaired) electrons. The molecule has 9 heteroatoms. The van der Waals surface area contributed by atoms with Crippen LogP contribution in [0.2, 0.25) is 0 Å². The highest BCUT2D eigenvalue weighted by molar-refractivity contribution is 7.88. The predicted molar refractivity (Wildman–Crippen MR) is 154 cm³/mol. The average molecular weight is 557 g/mol. The highest BCUT2D eigenvalue weighted by atomic mass is 32.2. The summed E-state index contributed by atoms with van der Waals surface area (Å²) in [5, 5.41) is 2.91. The lowest BCUT2D eigenvalue weighted by atomic mass is 10.0. The van der Waals surface area contributed by atoms with E-state index in [1.54, 1.807) is 42.6 Å². The maximum absolute atomic E-state index is 14.0. The number of benzene rings is 3. The lowest BCUT2D eigenvalue weighted by molar-refractivity contribution is -0.141. The van der Waals surface area contributed by atoms with Crippen LogP contribution in [-0.4, -0.2) is 47.2 Å². The molecule has 0 saturated heterocycles. The molecule has 3 aromatic carbocycles. The Bertz CT molecular complexity index is 1490. The number of sulfonamides is 1. The summed E-state index contributed by atoms with van der Waals surface area (Å²) >= 11 is 0. The molecule has 0 saturated carbocycles.